The third-order valence-corrected chi connectivity index (χ3v) is 5.45. The highest BCUT2D eigenvalue weighted by atomic mass is 79.9. The maximum Gasteiger partial charge on any atom is 0.333 e. The molecule has 0 aromatic heterocycles. The molecule has 2 aromatic rings. The molecule has 0 radical (unpaired) electrons. The van der Waals surface area contributed by atoms with Crippen molar-refractivity contribution in [1.29, 1.82) is 0 Å². The first-order valence-corrected chi connectivity index (χ1v) is 9.95. The monoisotopic (exact) mass is 524 g/mol. The van der Waals surface area contributed by atoms with Gasteiger partial charge >= 0.3 is 6.03 Å². The Balaban J connectivity index is 1.86. The van der Waals surface area contributed by atoms with Gasteiger partial charge in [0.1, 0.15) is 23.7 Å². The van der Waals surface area contributed by atoms with E-state index in [-0.39, 0.29) is 18.0 Å². The van der Waals surface area contributed by atoms with Crippen LogP contribution in [0.15, 0.2) is 50.9 Å². The number of imide groups is 2. The molecule has 0 aliphatic carbocycles. The number of nitrogens with zero attached hydrogens (tertiary/aromatic N) is 2. The summed E-state index contributed by atoms with van der Waals surface area (Å²) in [5.74, 6) is -1.13. The van der Waals surface area contributed by atoms with Crippen molar-refractivity contribution >= 4 is 55.8 Å². The molecular weight excluding hydrogens is 511 g/mol. The summed E-state index contributed by atoms with van der Waals surface area (Å²) in [5.41, 5.74) is 1.24. The number of amides is 4. The minimum Gasteiger partial charge on any atom is -0.487 e. The number of ether oxygens (including phenoxy) is 1. The van der Waals surface area contributed by atoms with Crippen LogP contribution >= 0.6 is 31.9 Å². The van der Waals surface area contributed by atoms with Gasteiger partial charge in [-0.25, -0.2) is 9.18 Å². The van der Waals surface area contributed by atoms with E-state index in [2.05, 4.69) is 31.9 Å². The molecule has 3 rings (SSSR count). The van der Waals surface area contributed by atoms with Gasteiger partial charge in [0.2, 0.25) is 0 Å². The molecule has 0 atom stereocenters. The van der Waals surface area contributed by atoms with Crippen LogP contribution in [-0.4, -0.2) is 41.7 Å². The molecular formula is C20H15Br2FN2O4. The molecule has 1 aliphatic rings. The van der Waals surface area contributed by atoms with E-state index in [9.17, 15) is 18.8 Å². The van der Waals surface area contributed by atoms with Crippen LogP contribution in [0.1, 0.15) is 11.1 Å². The average molecular weight is 526 g/mol. The summed E-state index contributed by atoms with van der Waals surface area (Å²) in [6, 6.07) is 8.67. The summed E-state index contributed by atoms with van der Waals surface area (Å²) < 4.78 is 20.0. The lowest BCUT2D eigenvalue weighted by atomic mass is 10.1. The van der Waals surface area contributed by atoms with Gasteiger partial charge in [-0.05, 0) is 73.3 Å². The van der Waals surface area contributed by atoms with Crippen molar-refractivity contribution in [3.63, 3.8) is 0 Å². The molecule has 0 unspecified atom stereocenters. The van der Waals surface area contributed by atoms with E-state index in [1.807, 2.05) is 0 Å². The van der Waals surface area contributed by atoms with Crippen LogP contribution in [0.2, 0.25) is 0 Å². The lowest BCUT2D eigenvalue weighted by Crippen LogP contribution is -2.52. The highest BCUT2D eigenvalue weighted by Gasteiger charge is 2.37. The topological polar surface area (TPSA) is 66.9 Å². The Labute approximate surface area is 183 Å². The first kappa shape index (κ1) is 21.2. The molecule has 0 bridgehead atoms. The molecule has 1 saturated heterocycles. The van der Waals surface area contributed by atoms with Crippen molar-refractivity contribution in [3.8, 4) is 5.75 Å². The first-order valence-electron chi connectivity index (χ1n) is 8.37. The van der Waals surface area contributed by atoms with Gasteiger partial charge in [-0.15, -0.1) is 0 Å². The van der Waals surface area contributed by atoms with Gasteiger partial charge in [-0.2, -0.15) is 0 Å². The van der Waals surface area contributed by atoms with Gasteiger partial charge in [0.25, 0.3) is 11.8 Å². The largest absolute Gasteiger partial charge is 0.487 e. The van der Waals surface area contributed by atoms with Gasteiger partial charge in [0.05, 0.1) is 8.95 Å². The first-order chi connectivity index (χ1) is 13.7. The zero-order valence-corrected chi connectivity index (χ0v) is 18.6. The number of carbonyl (C=O) groups is 3. The standard InChI is InChI=1S/C20H15Br2FN2O4/c1-24-18(26)14(19(27)25(2)20(24)28)7-12-8-15(21)17(16(22)9-12)29-10-11-3-5-13(23)6-4-11/h3-9H,10H2,1-2H3. The van der Waals surface area contributed by atoms with Gasteiger partial charge in [0, 0.05) is 14.1 Å². The number of hydrogen-bond acceptors (Lipinski definition) is 4. The smallest absolute Gasteiger partial charge is 0.333 e. The Morgan fingerprint density at radius 2 is 1.48 bits per heavy atom. The number of benzene rings is 2. The fraction of sp³-hybridized carbons (Fsp3) is 0.150. The molecule has 0 spiro atoms. The van der Waals surface area contributed by atoms with E-state index in [1.165, 1.54) is 32.3 Å². The van der Waals surface area contributed by atoms with Crippen LogP contribution in [-0.2, 0) is 16.2 Å². The van der Waals surface area contributed by atoms with E-state index in [0.29, 0.717) is 20.3 Å². The zero-order chi connectivity index (χ0) is 21.3. The van der Waals surface area contributed by atoms with Crippen molar-refractivity contribution in [2.75, 3.05) is 14.1 Å². The van der Waals surface area contributed by atoms with E-state index >= 15 is 0 Å². The van der Waals surface area contributed by atoms with E-state index in [1.54, 1.807) is 24.3 Å². The second-order valence-electron chi connectivity index (χ2n) is 6.30. The molecule has 1 fully saturated rings. The van der Waals surface area contributed by atoms with Gasteiger partial charge < -0.3 is 4.74 Å². The predicted molar refractivity (Wildman–Crippen MR) is 111 cm³/mol. The average Bonchev–Trinajstić information content (AvgIpc) is 2.69. The minimum absolute atomic E-state index is 0.117. The highest BCUT2D eigenvalue weighted by Crippen LogP contribution is 2.36. The lowest BCUT2D eigenvalue weighted by Gasteiger charge is -2.28. The fourth-order valence-corrected chi connectivity index (χ4v) is 4.13. The Bertz CT molecular complexity index is 988. The summed E-state index contributed by atoms with van der Waals surface area (Å²) >= 11 is 6.84. The molecule has 4 amide bonds. The van der Waals surface area contributed by atoms with Crippen LogP contribution in [0.3, 0.4) is 0 Å². The van der Waals surface area contributed by atoms with Crippen molar-refractivity contribution in [2.45, 2.75) is 6.61 Å². The van der Waals surface area contributed by atoms with Crippen LogP contribution in [0, 0.1) is 5.82 Å². The zero-order valence-electron chi connectivity index (χ0n) is 15.4. The van der Waals surface area contributed by atoms with Crippen molar-refractivity contribution in [3.05, 3.63) is 67.9 Å². The van der Waals surface area contributed by atoms with Crippen molar-refractivity contribution in [1.82, 2.24) is 9.80 Å². The number of barbiturate groups is 1. The number of likely N-dealkylation sites (N-methyl/N-ethyl adjacent to an activating group) is 2. The van der Waals surface area contributed by atoms with Crippen molar-refractivity contribution < 1.29 is 23.5 Å². The number of halogens is 3. The lowest BCUT2D eigenvalue weighted by molar-refractivity contribution is -0.134. The molecule has 6 nitrogen and oxygen atoms in total. The second kappa shape index (κ2) is 8.46. The maximum absolute atomic E-state index is 13.0. The summed E-state index contributed by atoms with van der Waals surface area (Å²) in [4.78, 5) is 38.3. The minimum atomic E-state index is -0.677. The maximum atomic E-state index is 13.0. The molecule has 1 heterocycles. The highest BCUT2D eigenvalue weighted by molar-refractivity contribution is 9.11. The van der Waals surface area contributed by atoms with E-state index in [4.69, 9.17) is 4.74 Å². The molecule has 1 aliphatic heterocycles. The molecule has 0 saturated carbocycles. The molecule has 9 heteroatoms. The molecule has 0 N–H and O–H groups in total. The third kappa shape index (κ3) is 4.40. The summed E-state index contributed by atoms with van der Waals surface area (Å²) in [6.07, 6.45) is 1.42. The Morgan fingerprint density at radius 1 is 0.966 bits per heavy atom. The van der Waals surface area contributed by atoms with Crippen molar-refractivity contribution in [2.24, 2.45) is 0 Å². The third-order valence-electron chi connectivity index (χ3n) is 4.27. The van der Waals surface area contributed by atoms with Crippen LogP contribution in [0.4, 0.5) is 9.18 Å². The number of hydrogen-bond donors (Lipinski definition) is 0. The summed E-state index contributed by atoms with van der Waals surface area (Å²) in [6.45, 7) is 0.229. The van der Waals surface area contributed by atoms with E-state index in [0.717, 1.165) is 15.4 Å². The summed E-state index contributed by atoms with van der Waals surface area (Å²) in [5, 5.41) is 0. The Morgan fingerprint density at radius 3 is 2.00 bits per heavy atom. The van der Waals surface area contributed by atoms with Gasteiger partial charge in [-0.1, -0.05) is 12.1 Å². The van der Waals surface area contributed by atoms with E-state index < -0.39 is 17.8 Å². The Kier molecular flexibility index (Phi) is 6.18. The van der Waals surface area contributed by atoms with Crippen LogP contribution in [0.5, 0.6) is 5.75 Å². The second-order valence-corrected chi connectivity index (χ2v) is 8.01. The number of rotatable bonds is 4. The van der Waals surface area contributed by atoms with Gasteiger partial charge in [0.15, 0.2) is 0 Å². The summed E-state index contributed by atoms with van der Waals surface area (Å²) in [7, 11) is 2.64. The van der Waals surface area contributed by atoms with Crippen LogP contribution < -0.4 is 4.74 Å². The molecule has 29 heavy (non-hydrogen) atoms. The molecule has 2 aromatic carbocycles. The number of carbonyl (C=O) groups excluding carboxylic acids is 3. The predicted octanol–water partition coefficient (Wildman–Crippen LogP) is 4.36. The fourth-order valence-electron chi connectivity index (χ4n) is 2.68. The van der Waals surface area contributed by atoms with Gasteiger partial charge in [-0.3, -0.25) is 19.4 Å². The normalized spacial score (nSPS) is 14.5. The number of urea groups is 1. The quantitative estimate of drug-likeness (QED) is 0.439. The molecule has 150 valence electrons. The SMILES string of the molecule is CN1C(=O)C(=Cc2cc(Br)c(OCc3ccc(F)cc3)c(Br)c2)C(=O)N(C)C1=O. The van der Waals surface area contributed by atoms with Crippen LogP contribution in [0.25, 0.3) is 6.08 Å². The Hall–Kier alpha value is -2.52.